The summed E-state index contributed by atoms with van der Waals surface area (Å²) in [6.07, 6.45) is 0. The second-order valence-corrected chi connectivity index (χ2v) is 3.36. The van der Waals surface area contributed by atoms with Crippen molar-refractivity contribution in [2.24, 2.45) is 0 Å². The highest BCUT2D eigenvalue weighted by atomic mass is 16.5. The molecule has 0 amide bonds. The average Bonchev–Trinajstić information content (AvgIpc) is 2.29. The van der Waals surface area contributed by atoms with Crippen LogP contribution >= 0.6 is 0 Å². The number of likely N-dealkylation sites (N-methyl/N-ethyl adjacent to an activating group) is 1. The van der Waals surface area contributed by atoms with Gasteiger partial charge in [0.15, 0.2) is 0 Å². The summed E-state index contributed by atoms with van der Waals surface area (Å²) in [6.45, 7) is 2.46. The van der Waals surface area contributed by atoms with Crippen LogP contribution in [-0.4, -0.2) is 33.3 Å². The van der Waals surface area contributed by atoms with Crippen molar-refractivity contribution in [3.63, 3.8) is 0 Å². The summed E-state index contributed by atoms with van der Waals surface area (Å²) in [4.78, 5) is 13.1. The van der Waals surface area contributed by atoms with Crippen molar-refractivity contribution < 1.29 is 14.3 Å². The third-order valence-corrected chi connectivity index (χ3v) is 2.18. The van der Waals surface area contributed by atoms with E-state index >= 15 is 0 Å². The third-order valence-electron chi connectivity index (χ3n) is 2.18. The van der Waals surface area contributed by atoms with Gasteiger partial charge in [0.25, 0.3) is 0 Å². The lowest BCUT2D eigenvalue weighted by atomic mass is 10.3. The van der Waals surface area contributed by atoms with E-state index in [2.05, 4.69) is 0 Å². The lowest BCUT2D eigenvalue weighted by molar-refractivity contribution is -0.141. The van der Waals surface area contributed by atoms with E-state index < -0.39 is 0 Å². The Kier molecular flexibility index (Phi) is 4.64. The van der Waals surface area contributed by atoms with Gasteiger partial charge in [0.05, 0.1) is 13.7 Å². The molecule has 0 aliphatic carbocycles. The maximum absolute atomic E-state index is 11.3. The van der Waals surface area contributed by atoms with Gasteiger partial charge in [-0.1, -0.05) is 0 Å². The molecule has 0 bridgehead atoms. The van der Waals surface area contributed by atoms with Crippen LogP contribution < -0.4 is 9.64 Å². The topological polar surface area (TPSA) is 38.8 Å². The zero-order chi connectivity index (χ0) is 12.0. The number of hydrogen-bond acceptors (Lipinski definition) is 4. The molecule has 0 aliphatic heterocycles. The van der Waals surface area contributed by atoms with Crippen molar-refractivity contribution in [2.75, 3.05) is 32.2 Å². The van der Waals surface area contributed by atoms with Crippen LogP contribution in [-0.2, 0) is 9.53 Å². The maximum Gasteiger partial charge on any atom is 0.325 e. The van der Waals surface area contributed by atoms with Crippen molar-refractivity contribution in [1.82, 2.24) is 0 Å². The summed E-state index contributed by atoms with van der Waals surface area (Å²) >= 11 is 0. The van der Waals surface area contributed by atoms with Crippen LogP contribution in [0.25, 0.3) is 0 Å². The number of carbonyl (C=O) groups is 1. The second kappa shape index (κ2) is 6.00. The molecule has 0 spiro atoms. The summed E-state index contributed by atoms with van der Waals surface area (Å²) in [5, 5.41) is 0. The minimum atomic E-state index is -0.221. The Balaban J connectivity index is 2.58. The Morgan fingerprint density at radius 2 is 1.94 bits per heavy atom. The molecular weight excluding hydrogens is 206 g/mol. The van der Waals surface area contributed by atoms with Crippen LogP contribution in [0.3, 0.4) is 0 Å². The highest BCUT2D eigenvalue weighted by molar-refractivity contribution is 5.75. The molecule has 0 aliphatic rings. The van der Waals surface area contributed by atoms with Gasteiger partial charge in [-0.05, 0) is 31.2 Å². The van der Waals surface area contributed by atoms with Gasteiger partial charge in [-0.2, -0.15) is 0 Å². The van der Waals surface area contributed by atoms with E-state index in [0.717, 1.165) is 11.4 Å². The fraction of sp³-hybridized carbons (Fsp3) is 0.417. The number of anilines is 1. The van der Waals surface area contributed by atoms with Crippen molar-refractivity contribution in [1.29, 1.82) is 0 Å². The van der Waals surface area contributed by atoms with E-state index in [1.165, 1.54) is 0 Å². The molecule has 1 aromatic rings. The molecule has 0 saturated heterocycles. The molecule has 88 valence electrons. The number of esters is 1. The monoisotopic (exact) mass is 223 g/mol. The van der Waals surface area contributed by atoms with Crippen LogP contribution in [0.4, 0.5) is 5.69 Å². The number of carbonyl (C=O) groups excluding carboxylic acids is 1. The summed E-state index contributed by atoms with van der Waals surface area (Å²) < 4.78 is 9.93. The van der Waals surface area contributed by atoms with Crippen LogP contribution in [0, 0.1) is 0 Å². The minimum absolute atomic E-state index is 0.221. The summed E-state index contributed by atoms with van der Waals surface area (Å²) in [5.74, 6) is 0.578. The van der Waals surface area contributed by atoms with Crippen molar-refractivity contribution >= 4 is 11.7 Å². The normalized spacial score (nSPS) is 9.69. The molecule has 0 N–H and O–H groups in total. The third kappa shape index (κ3) is 3.46. The van der Waals surface area contributed by atoms with E-state index in [9.17, 15) is 4.79 Å². The van der Waals surface area contributed by atoms with Crippen molar-refractivity contribution in [3.05, 3.63) is 24.3 Å². The first-order valence-electron chi connectivity index (χ1n) is 5.18. The Morgan fingerprint density at radius 3 is 2.44 bits per heavy atom. The number of rotatable bonds is 5. The van der Waals surface area contributed by atoms with Gasteiger partial charge in [-0.15, -0.1) is 0 Å². The molecule has 16 heavy (non-hydrogen) atoms. The van der Waals surface area contributed by atoms with E-state index in [1.807, 2.05) is 36.2 Å². The molecule has 0 saturated carbocycles. The van der Waals surface area contributed by atoms with Crippen LogP contribution in [0.2, 0.25) is 0 Å². The Morgan fingerprint density at radius 1 is 1.31 bits per heavy atom. The number of ether oxygens (including phenoxy) is 2. The summed E-state index contributed by atoms with van der Waals surface area (Å²) in [7, 11) is 3.47. The molecule has 0 aromatic heterocycles. The van der Waals surface area contributed by atoms with E-state index in [4.69, 9.17) is 9.47 Å². The Hall–Kier alpha value is -1.71. The molecule has 0 fully saturated rings. The number of nitrogens with zero attached hydrogens (tertiary/aromatic N) is 1. The highest BCUT2D eigenvalue weighted by Gasteiger charge is 2.07. The number of methoxy groups -OCH3 is 1. The van der Waals surface area contributed by atoms with Gasteiger partial charge in [0, 0.05) is 12.7 Å². The fourth-order valence-corrected chi connectivity index (χ4v) is 1.33. The van der Waals surface area contributed by atoms with Gasteiger partial charge in [-0.3, -0.25) is 4.79 Å². The smallest absolute Gasteiger partial charge is 0.325 e. The molecule has 0 heterocycles. The maximum atomic E-state index is 11.3. The summed E-state index contributed by atoms with van der Waals surface area (Å²) in [6, 6.07) is 7.52. The largest absolute Gasteiger partial charge is 0.497 e. The molecule has 0 unspecified atom stereocenters. The van der Waals surface area contributed by atoms with Crippen LogP contribution in [0.5, 0.6) is 5.75 Å². The zero-order valence-electron chi connectivity index (χ0n) is 9.90. The predicted octanol–water partition coefficient (Wildman–Crippen LogP) is 1.69. The molecule has 0 radical (unpaired) electrons. The van der Waals surface area contributed by atoms with Crippen molar-refractivity contribution in [2.45, 2.75) is 6.92 Å². The quantitative estimate of drug-likeness (QED) is 0.712. The van der Waals surface area contributed by atoms with Gasteiger partial charge in [0.1, 0.15) is 12.3 Å². The van der Waals surface area contributed by atoms with E-state index in [1.54, 1.807) is 14.0 Å². The Bertz CT molecular complexity index is 335. The molecular formula is C12H17NO3. The number of hydrogen-bond donors (Lipinski definition) is 0. The lowest BCUT2D eigenvalue weighted by Gasteiger charge is -2.18. The van der Waals surface area contributed by atoms with Crippen LogP contribution in [0.15, 0.2) is 24.3 Å². The van der Waals surface area contributed by atoms with E-state index in [0.29, 0.717) is 6.61 Å². The second-order valence-electron chi connectivity index (χ2n) is 3.36. The SMILES string of the molecule is CCOC(=O)CN(C)c1ccc(OC)cc1. The molecule has 1 aromatic carbocycles. The number of benzene rings is 1. The first-order chi connectivity index (χ1) is 7.67. The highest BCUT2D eigenvalue weighted by Crippen LogP contribution is 2.17. The first-order valence-corrected chi connectivity index (χ1v) is 5.18. The molecule has 4 heteroatoms. The molecule has 4 nitrogen and oxygen atoms in total. The standard InChI is InChI=1S/C12H17NO3/c1-4-16-12(14)9-13(2)10-5-7-11(15-3)8-6-10/h5-8H,4,9H2,1-3H3. The van der Waals surface area contributed by atoms with Gasteiger partial charge in [-0.25, -0.2) is 0 Å². The van der Waals surface area contributed by atoms with Crippen molar-refractivity contribution in [3.8, 4) is 5.75 Å². The zero-order valence-corrected chi connectivity index (χ0v) is 9.90. The summed E-state index contributed by atoms with van der Waals surface area (Å²) in [5.41, 5.74) is 0.953. The minimum Gasteiger partial charge on any atom is -0.497 e. The molecule has 0 atom stereocenters. The van der Waals surface area contributed by atoms with Gasteiger partial charge < -0.3 is 14.4 Å². The van der Waals surface area contributed by atoms with Gasteiger partial charge >= 0.3 is 5.97 Å². The lowest BCUT2D eigenvalue weighted by Crippen LogP contribution is -2.26. The average molecular weight is 223 g/mol. The first kappa shape index (κ1) is 12.4. The van der Waals surface area contributed by atoms with Gasteiger partial charge in [0.2, 0.25) is 0 Å². The predicted molar refractivity (Wildman–Crippen MR) is 62.9 cm³/mol. The molecule has 1 rings (SSSR count). The van der Waals surface area contributed by atoms with E-state index in [-0.39, 0.29) is 12.5 Å². The van der Waals surface area contributed by atoms with Crippen LogP contribution in [0.1, 0.15) is 6.92 Å². The Labute approximate surface area is 95.8 Å². The fourth-order valence-electron chi connectivity index (χ4n) is 1.33.